The molecule has 30 heavy (non-hydrogen) atoms. The molecule has 3 atom stereocenters. The van der Waals surface area contributed by atoms with Crippen molar-refractivity contribution in [3.05, 3.63) is 64.3 Å². The first-order valence-corrected chi connectivity index (χ1v) is 10.7. The van der Waals surface area contributed by atoms with Crippen molar-refractivity contribution in [2.45, 2.75) is 51.1 Å². The van der Waals surface area contributed by atoms with Gasteiger partial charge in [0, 0.05) is 50.3 Å². The first kappa shape index (κ1) is 20.3. The highest BCUT2D eigenvalue weighted by molar-refractivity contribution is 5.83. The van der Waals surface area contributed by atoms with Crippen LogP contribution in [-0.2, 0) is 16.1 Å². The highest BCUT2D eigenvalue weighted by Crippen LogP contribution is 2.48. The lowest BCUT2D eigenvalue weighted by atomic mass is 10.0. The fraction of sp³-hybridized carbons (Fsp3) is 0.478. The van der Waals surface area contributed by atoms with Gasteiger partial charge in [-0.15, -0.1) is 0 Å². The molecule has 1 aliphatic heterocycles. The normalized spacial score (nSPS) is 23.1. The number of aromatic nitrogens is 2. The Morgan fingerprint density at radius 2 is 2.13 bits per heavy atom. The number of nitrogens with one attached hydrogen (secondary N) is 1. The number of carbonyl (C=O) groups excluding carboxylic acids is 2. The molecule has 0 unspecified atom stereocenters. The van der Waals surface area contributed by atoms with Crippen molar-refractivity contribution in [1.82, 2.24) is 19.8 Å². The van der Waals surface area contributed by atoms with Crippen molar-refractivity contribution in [3.8, 4) is 0 Å². The van der Waals surface area contributed by atoms with Gasteiger partial charge in [-0.25, -0.2) is 4.98 Å². The number of amides is 2. The molecular weight excluding hydrogens is 380 g/mol. The van der Waals surface area contributed by atoms with Crippen LogP contribution < -0.4 is 10.9 Å². The van der Waals surface area contributed by atoms with Gasteiger partial charge in [0.15, 0.2) is 0 Å². The fourth-order valence-electron chi connectivity index (χ4n) is 4.33. The monoisotopic (exact) mass is 408 g/mol. The van der Waals surface area contributed by atoms with E-state index in [1.54, 1.807) is 0 Å². The van der Waals surface area contributed by atoms with Crippen LogP contribution in [0.1, 0.15) is 42.7 Å². The van der Waals surface area contributed by atoms with E-state index >= 15 is 0 Å². The summed E-state index contributed by atoms with van der Waals surface area (Å²) in [7, 11) is 0. The zero-order valence-corrected chi connectivity index (χ0v) is 17.3. The van der Waals surface area contributed by atoms with Crippen molar-refractivity contribution in [1.29, 1.82) is 0 Å². The van der Waals surface area contributed by atoms with E-state index in [1.165, 1.54) is 34.3 Å². The smallest absolute Gasteiger partial charge is 0.253 e. The summed E-state index contributed by atoms with van der Waals surface area (Å²) < 4.78 is 1.43. The number of nitrogens with zero attached hydrogens (tertiary/aromatic N) is 3. The Bertz CT molecular complexity index is 986. The van der Waals surface area contributed by atoms with Crippen LogP contribution in [0.4, 0.5) is 0 Å². The van der Waals surface area contributed by atoms with E-state index in [9.17, 15) is 14.4 Å². The standard InChI is InChI=1S/C23H28N4O3/c1-16-4-2-5-17(12-16)19-13-20(19)23(30)26-10-3-6-18(14-26)25-21(28)8-11-27-15-24-9-7-22(27)29/h2,4-5,7,9,12,15,18-20H,3,6,8,10-11,13-14H2,1H3,(H,25,28)/t18-,19+,20-/m1/s1. The maximum atomic E-state index is 13.0. The van der Waals surface area contributed by atoms with Gasteiger partial charge in [0.05, 0.1) is 6.33 Å². The quantitative estimate of drug-likeness (QED) is 0.791. The lowest BCUT2D eigenvalue weighted by Gasteiger charge is -2.33. The number of likely N-dealkylation sites (tertiary alicyclic amines) is 1. The highest BCUT2D eigenvalue weighted by Gasteiger charge is 2.46. The number of aryl methyl sites for hydroxylation is 2. The molecule has 1 aliphatic carbocycles. The van der Waals surface area contributed by atoms with Crippen molar-refractivity contribution in [2.75, 3.05) is 13.1 Å². The third-order valence-corrected chi connectivity index (χ3v) is 6.05. The summed E-state index contributed by atoms with van der Waals surface area (Å²) in [6.45, 7) is 3.70. The van der Waals surface area contributed by atoms with E-state index in [2.05, 4.69) is 41.5 Å². The van der Waals surface area contributed by atoms with Gasteiger partial charge in [-0.05, 0) is 37.7 Å². The molecule has 7 heteroatoms. The predicted octanol–water partition coefficient (Wildman–Crippen LogP) is 1.85. The Morgan fingerprint density at radius 1 is 1.27 bits per heavy atom. The zero-order chi connectivity index (χ0) is 21.1. The number of piperidine rings is 1. The number of hydrogen-bond donors (Lipinski definition) is 1. The number of rotatable bonds is 6. The predicted molar refractivity (Wildman–Crippen MR) is 113 cm³/mol. The van der Waals surface area contributed by atoms with Crippen LogP contribution in [0, 0.1) is 12.8 Å². The SMILES string of the molecule is Cc1cccc([C@@H]2C[C@H]2C(=O)N2CCC[C@@H](NC(=O)CCn3cnccc3=O)C2)c1. The number of benzene rings is 1. The van der Waals surface area contributed by atoms with Gasteiger partial charge in [-0.3, -0.25) is 19.0 Å². The Morgan fingerprint density at radius 3 is 2.93 bits per heavy atom. The molecule has 0 spiro atoms. The Kier molecular flexibility index (Phi) is 5.97. The first-order chi connectivity index (χ1) is 14.5. The molecule has 2 fully saturated rings. The highest BCUT2D eigenvalue weighted by atomic mass is 16.2. The Balaban J connectivity index is 1.27. The van der Waals surface area contributed by atoms with Crippen molar-refractivity contribution >= 4 is 11.8 Å². The summed E-state index contributed by atoms with van der Waals surface area (Å²) >= 11 is 0. The third kappa shape index (κ3) is 4.78. The van der Waals surface area contributed by atoms with Gasteiger partial charge in [0.2, 0.25) is 11.8 Å². The average Bonchev–Trinajstić information content (AvgIpc) is 3.54. The second-order valence-electron chi connectivity index (χ2n) is 8.42. The molecular formula is C23H28N4O3. The lowest BCUT2D eigenvalue weighted by Crippen LogP contribution is -2.50. The maximum absolute atomic E-state index is 13.0. The molecule has 1 N–H and O–H groups in total. The number of carbonyl (C=O) groups is 2. The molecule has 2 heterocycles. The van der Waals surface area contributed by atoms with Gasteiger partial charge in [0.1, 0.15) is 0 Å². The number of hydrogen-bond acceptors (Lipinski definition) is 4. The molecule has 1 aromatic heterocycles. The maximum Gasteiger partial charge on any atom is 0.253 e. The summed E-state index contributed by atoms with van der Waals surface area (Å²) in [6, 6.07) is 9.76. The van der Waals surface area contributed by atoms with E-state index in [-0.39, 0.29) is 35.8 Å². The van der Waals surface area contributed by atoms with Gasteiger partial charge < -0.3 is 10.2 Å². The van der Waals surface area contributed by atoms with Crippen LogP contribution in [0.5, 0.6) is 0 Å². The molecule has 158 valence electrons. The molecule has 7 nitrogen and oxygen atoms in total. The first-order valence-electron chi connectivity index (χ1n) is 10.7. The van der Waals surface area contributed by atoms with Crippen molar-refractivity contribution in [3.63, 3.8) is 0 Å². The van der Waals surface area contributed by atoms with Crippen LogP contribution in [-0.4, -0.2) is 45.4 Å². The van der Waals surface area contributed by atoms with E-state index in [0.717, 1.165) is 25.8 Å². The summed E-state index contributed by atoms with van der Waals surface area (Å²) in [5.41, 5.74) is 2.31. The molecule has 2 aromatic rings. The van der Waals surface area contributed by atoms with Gasteiger partial charge in [0.25, 0.3) is 5.56 Å². The van der Waals surface area contributed by atoms with Crippen molar-refractivity contribution in [2.24, 2.45) is 5.92 Å². The molecule has 1 saturated carbocycles. The minimum atomic E-state index is -0.167. The topological polar surface area (TPSA) is 84.3 Å². The zero-order valence-electron chi connectivity index (χ0n) is 17.3. The summed E-state index contributed by atoms with van der Waals surface area (Å²) in [5.74, 6) is 0.500. The molecule has 2 aliphatic rings. The summed E-state index contributed by atoms with van der Waals surface area (Å²) in [5, 5.41) is 3.03. The van der Waals surface area contributed by atoms with E-state index in [4.69, 9.17) is 0 Å². The largest absolute Gasteiger partial charge is 0.352 e. The fourth-order valence-corrected chi connectivity index (χ4v) is 4.33. The summed E-state index contributed by atoms with van der Waals surface area (Å²) in [6.07, 6.45) is 5.77. The lowest BCUT2D eigenvalue weighted by molar-refractivity contribution is -0.135. The second-order valence-corrected chi connectivity index (χ2v) is 8.42. The van der Waals surface area contributed by atoms with Crippen LogP contribution in [0.3, 0.4) is 0 Å². The third-order valence-electron chi connectivity index (χ3n) is 6.05. The average molecular weight is 409 g/mol. The van der Waals surface area contributed by atoms with Gasteiger partial charge in [-0.1, -0.05) is 29.8 Å². The van der Waals surface area contributed by atoms with Crippen LogP contribution >= 0.6 is 0 Å². The van der Waals surface area contributed by atoms with Crippen LogP contribution in [0.25, 0.3) is 0 Å². The van der Waals surface area contributed by atoms with Crippen molar-refractivity contribution < 1.29 is 9.59 Å². The van der Waals surface area contributed by atoms with Crippen LogP contribution in [0.2, 0.25) is 0 Å². The Labute approximate surface area is 176 Å². The molecule has 4 rings (SSSR count). The molecule has 1 saturated heterocycles. The Hall–Kier alpha value is -2.96. The van der Waals surface area contributed by atoms with Gasteiger partial charge in [-0.2, -0.15) is 0 Å². The van der Waals surface area contributed by atoms with Gasteiger partial charge >= 0.3 is 0 Å². The summed E-state index contributed by atoms with van der Waals surface area (Å²) in [4.78, 5) is 42.8. The molecule has 0 radical (unpaired) electrons. The molecule has 2 amide bonds. The minimum absolute atomic E-state index is 0.0306. The van der Waals surface area contributed by atoms with E-state index < -0.39 is 0 Å². The molecule has 0 bridgehead atoms. The van der Waals surface area contributed by atoms with Crippen LogP contribution in [0.15, 0.2) is 47.7 Å². The van der Waals surface area contributed by atoms with E-state index in [1.807, 2.05) is 4.90 Å². The minimum Gasteiger partial charge on any atom is -0.352 e. The van der Waals surface area contributed by atoms with E-state index in [0.29, 0.717) is 19.0 Å². The second kappa shape index (κ2) is 8.81. The molecule has 1 aromatic carbocycles.